The summed E-state index contributed by atoms with van der Waals surface area (Å²) >= 11 is 5.82. The SMILES string of the molecule is Cc1cccc(CN2CCCN(CCCl)CC2)c1. The summed E-state index contributed by atoms with van der Waals surface area (Å²) in [7, 11) is 0. The largest absolute Gasteiger partial charge is 0.301 e. The summed E-state index contributed by atoms with van der Waals surface area (Å²) in [5.74, 6) is 0.748. The number of aryl methyl sites for hydroxylation is 1. The summed E-state index contributed by atoms with van der Waals surface area (Å²) in [6.07, 6.45) is 1.25. The Bertz CT molecular complexity index is 367. The van der Waals surface area contributed by atoms with Gasteiger partial charge in [0.25, 0.3) is 0 Å². The molecule has 0 N–H and O–H groups in total. The molecule has 0 aliphatic carbocycles. The van der Waals surface area contributed by atoms with Crippen LogP contribution < -0.4 is 0 Å². The van der Waals surface area contributed by atoms with Crippen LogP contribution in [0.2, 0.25) is 0 Å². The van der Waals surface area contributed by atoms with Gasteiger partial charge in [0.15, 0.2) is 0 Å². The van der Waals surface area contributed by atoms with Crippen molar-refractivity contribution in [3.05, 3.63) is 35.4 Å². The molecule has 0 aromatic heterocycles. The van der Waals surface area contributed by atoms with Crippen LogP contribution in [0.3, 0.4) is 0 Å². The normalized spacial score (nSPS) is 18.8. The number of nitrogens with zero attached hydrogens (tertiary/aromatic N) is 2. The van der Waals surface area contributed by atoms with Gasteiger partial charge in [0.2, 0.25) is 0 Å². The lowest BCUT2D eigenvalue weighted by Crippen LogP contribution is -2.31. The van der Waals surface area contributed by atoms with E-state index in [2.05, 4.69) is 41.0 Å². The van der Waals surface area contributed by atoms with Crippen LogP contribution in [0.5, 0.6) is 0 Å². The van der Waals surface area contributed by atoms with E-state index in [0.29, 0.717) is 0 Å². The monoisotopic (exact) mass is 266 g/mol. The maximum Gasteiger partial charge on any atom is 0.0351 e. The van der Waals surface area contributed by atoms with Gasteiger partial charge in [-0.2, -0.15) is 0 Å². The number of hydrogen-bond donors (Lipinski definition) is 0. The quantitative estimate of drug-likeness (QED) is 0.774. The zero-order valence-electron chi connectivity index (χ0n) is 11.2. The highest BCUT2D eigenvalue weighted by molar-refractivity contribution is 6.18. The van der Waals surface area contributed by atoms with Gasteiger partial charge in [0.1, 0.15) is 0 Å². The van der Waals surface area contributed by atoms with Crippen LogP contribution in [0.25, 0.3) is 0 Å². The Balaban J connectivity index is 1.87. The summed E-state index contributed by atoms with van der Waals surface area (Å²) < 4.78 is 0. The van der Waals surface area contributed by atoms with Crippen LogP contribution in [-0.4, -0.2) is 48.4 Å². The highest BCUT2D eigenvalue weighted by atomic mass is 35.5. The molecule has 1 saturated heterocycles. The molecule has 1 heterocycles. The van der Waals surface area contributed by atoms with Gasteiger partial charge in [-0.1, -0.05) is 29.8 Å². The summed E-state index contributed by atoms with van der Waals surface area (Å²) in [6, 6.07) is 8.84. The molecule has 0 radical (unpaired) electrons. The minimum atomic E-state index is 0.748. The van der Waals surface area contributed by atoms with Gasteiger partial charge in [-0.3, -0.25) is 4.90 Å². The Morgan fingerprint density at radius 2 is 1.89 bits per heavy atom. The van der Waals surface area contributed by atoms with Crippen molar-refractivity contribution in [2.45, 2.75) is 19.9 Å². The van der Waals surface area contributed by atoms with E-state index in [-0.39, 0.29) is 0 Å². The van der Waals surface area contributed by atoms with Crippen LogP contribution in [0.1, 0.15) is 17.5 Å². The molecule has 3 heteroatoms. The zero-order chi connectivity index (χ0) is 12.8. The van der Waals surface area contributed by atoms with Crippen molar-refractivity contribution >= 4 is 11.6 Å². The molecule has 18 heavy (non-hydrogen) atoms. The summed E-state index contributed by atoms with van der Waals surface area (Å²) in [5, 5.41) is 0. The fourth-order valence-electron chi connectivity index (χ4n) is 2.59. The maximum atomic E-state index is 5.82. The summed E-state index contributed by atoms with van der Waals surface area (Å²) in [4.78, 5) is 5.03. The van der Waals surface area contributed by atoms with Crippen molar-refractivity contribution in [3.63, 3.8) is 0 Å². The molecule has 0 atom stereocenters. The minimum Gasteiger partial charge on any atom is -0.301 e. The molecular formula is C15H23ClN2. The van der Waals surface area contributed by atoms with Crippen molar-refractivity contribution in [2.75, 3.05) is 38.6 Å². The van der Waals surface area contributed by atoms with Gasteiger partial charge < -0.3 is 4.90 Å². The van der Waals surface area contributed by atoms with E-state index < -0.39 is 0 Å². The smallest absolute Gasteiger partial charge is 0.0351 e. The lowest BCUT2D eigenvalue weighted by atomic mass is 10.1. The molecule has 1 aliphatic rings. The zero-order valence-corrected chi connectivity index (χ0v) is 12.0. The fourth-order valence-corrected chi connectivity index (χ4v) is 2.83. The van der Waals surface area contributed by atoms with Crippen molar-refractivity contribution in [1.29, 1.82) is 0 Å². The third kappa shape index (κ3) is 4.27. The molecule has 1 aromatic carbocycles. The first kappa shape index (κ1) is 13.9. The van der Waals surface area contributed by atoms with E-state index >= 15 is 0 Å². The molecular weight excluding hydrogens is 244 g/mol. The average molecular weight is 267 g/mol. The Kier molecular flexibility index (Phi) is 5.48. The van der Waals surface area contributed by atoms with Crippen molar-refractivity contribution < 1.29 is 0 Å². The van der Waals surface area contributed by atoms with Gasteiger partial charge in [0, 0.05) is 32.1 Å². The molecule has 1 aromatic rings. The summed E-state index contributed by atoms with van der Waals surface area (Å²) in [6.45, 7) is 8.97. The topological polar surface area (TPSA) is 6.48 Å². The molecule has 100 valence electrons. The van der Waals surface area contributed by atoms with E-state index in [1.165, 1.54) is 30.6 Å². The van der Waals surface area contributed by atoms with Crippen LogP contribution in [0, 0.1) is 6.92 Å². The van der Waals surface area contributed by atoms with E-state index in [4.69, 9.17) is 11.6 Å². The maximum absolute atomic E-state index is 5.82. The van der Waals surface area contributed by atoms with Crippen molar-refractivity contribution in [2.24, 2.45) is 0 Å². The molecule has 0 amide bonds. The van der Waals surface area contributed by atoms with Gasteiger partial charge >= 0.3 is 0 Å². The Hall–Kier alpha value is -0.570. The number of rotatable bonds is 4. The van der Waals surface area contributed by atoms with E-state index in [9.17, 15) is 0 Å². The first-order valence-corrected chi connectivity index (χ1v) is 7.37. The van der Waals surface area contributed by atoms with E-state index in [1.807, 2.05) is 0 Å². The fraction of sp³-hybridized carbons (Fsp3) is 0.600. The number of benzene rings is 1. The summed E-state index contributed by atoms with van der Waals surface area (Å²) in [5.41, 5.74) is 2.78. The molecule has 2 nitrogen and oxygen atoms in total. The minimum absolute atomic E-state index is 0.748. The second-order valence-corrected chi connectivity index (χ2v) is 5.53. The van der Waals surface area contributed by atoms with Crippen LogP contribution in [0.15, 0.2) is 24.3 Å². The second kappa shape index (κ2) is 7.13. The number of alkyl halides is 1. The second-order valence-electron chi connectivity index (χ2n) is 5.15. The first-order chi connectivity index (χ1) is 8.78. The van der Waals surface area contributed by atoms with Gasteiger partial charge in [-0.15, -0.1) is 11.6 Å². The Morgan fingerprint density at radius 3 is 2.67 bits per heavy atom. The standard InChI is InChI=1S/C15H23ClN2/c1-14-4-2-5-15(12-14)13-18-8-3-7-17(9-6-16)10-11-18/h2,4-5,12H,3,6-11,13H2,1H3. The van der Waals surface area contributed by atoms with Crippen LogP contribution in [-0.2, 0) is 6.54 Å². The first-order valence-electron chi connectivity index (χ1n) is 6.84. The highest BCUT2D eigenvalue weighted by Crippen LogP contribution is 2.10. The Morgan fingerprint density at radius 1 is 1.11 bits per heavy atom. The third-order valence-electron chi connectivity index (χ3n) is 3.57. The van der Waals surface area contributed by atoms with Crippen LogP contribution in [0.4, 0.5) is 0 Å². The lowest BCUT2D eigenvalue weighted by molar-refractivity contribution is 0.258. The molecule has 1 aliphatic heterocycles. The third-order valence-corrected chi connectivity index (χ3v) is 3.74. The molecule has 0 bridgehead atoms. The van der Waals surface area contributed by atoms with E-state index in [1.54, 1.807) is 0 Å². The van der Waals surface area contributed by atoms with Crippen LogP contribution >= 0.6 is 11.6 Å². The van der Waals surface area contributed by atoms with Crippen molar-refractivity contribution in [1.82, 2.24) is 9.80 Å². The van der Waals surface area contributed by atoms with E-state index in [0.717, 1.165) is 32.1 Å². The number of hydrogen-bond acceptors (Lipinski definition) is 2. The molecule has 0 unspecified atom stereocenters. The number of halogens is 1. The average Bonchev–Trinajstić information content (AvgIpc) is 2.56. The molecule has 1 fully saturated rings. The predicted octanol–water partition coefficient (Wildman–Crippen LogP) is 2.74. The van der Waals surface area contributed by atoms with Crippen molar-refractivity contribution in [3.8, 4) is 0 Å². The van der Waals surface area contributed by atoms with Gasteiger partial charge in [0.05, 0.1) is 0 Å². The Labute approximate surface area is 116 Å². The molecule has 0 saturated carbocycles. The lowest BCUT2D eigenvalue weighted by Gasteiger charge is -2.21. The van der Waals surface area contributed by atoms with Gasteiger partial charge in [-0.05, 0) is 32.0 Å². The van der Waals surface area contributed by atoms with Gasteiger partial charge in [-0.25, -0.2) is 0 Å². The predicted molar refractivity (Wildman–Crippen MR) is 78.2 cm³/mol. The molecule has 0 spiro atoms. The highest BCUT2D eigenvalue weighted by Gasteiger charge is 2.14. The molecule has 2 rings (SSSR count).